The predicted molar refractivity (Wildman–Crippen MR) is 74.9 cm³/mol. The predicted octanol–water partition coefficient (Wildman–Crippen LogP) is 2.94. The van der Waals surface area contributed by atoms with E-state index in [0.717, 1.165) is 8.66 Å². The Bertz CT molecular complexity index is 433. The normalized spacial score (nSPS) is 12.2. The molecule has 0 aliphatic carbocycles. The van der Waals surface area contributed by atoms with Gasteiger partial charge in [0.15, 0.2) is 0 Å². The van der Waals surface area contributed by atoms with Gasteiger partial charge in [0.25, 0.3) is 0 Å². The number of carbonyl (C=O) groups is 2. The topological polar surface area (TPSA) is 57.6 Å². The molecule has 1 aromatic heterocycles. The Balaban J connectivity index is 2.68. The van der Waals surface area contributed by atoms with Gasteiger partial charge in [-0.25, -0.2) is 0 Å². The van der Waals surface area contributed by atoms with E-state index < -0.39 is 5.97 Å². The van der Waals surface area contributed by atoms with Gasteiger partial charge < -0.3 is 10.0 Å². The molecule has 100 valence electrons. The van der Waals surface area contributed by atoms with E-state index in [2.05, 4.69) is 15.9 Å². The van der Waals surface area contributed by atoms with Gasteiger partial charge in [0.2, 0.25) is 5.91 Å². The second kappa shape index (κ2) is 6.89. The number of nitrogens with zero attached hydrogens (tertiary/aromatic N) is 1. The summed E-state index contributed by atoms with van der Waals surface area (Å²) < 4.78 is 0.991. The molecule has 1 unspecified atom stereocenters. The molecule has 0 fully saturated rings. The van der Waals surface area contributed by atoms with E-state index in [-0.39, 0.29) is 24.8 Å². The molecule has 0 radical (unpaired) electrons. The second-order valence-electron chi connectivity index (χ2n) is 3.93. The van der Waals surface area contributed by atoms with Crippen LogP contribution in [0.15, 0.2) is 15.9 Å². The Morgan fingerprint density at radius 3 is 2.61 bits per heavy atom. The number of amides is 1. The van der Waals surface area contributed by atoms with Crippen molar-refractivity contribution in [2.75, 3.05) is 13.1 Å². The molecule has 0 spiro atoms. The van der Waals surface area contributed by atoms with Crippen molar-refractivity contribution in [3.8, 4) is 0 Å². The average Bonchev–Trinajstić information content (AvgIpc) is 2.75. The largest absolute Gasteiger partial charge is 0.481 e. The van der Waals surface area contributed by atoms with Gasteiger partial charge in [-0.1, -0.05) is 0 Å². The minimum atomic E-state index is -0.882. The number of halogens is 1. The first-order chi connectivity index (χ1) is 8.45. The van der Waals surface area contributed by atoms with Gasteiger partial charge in [-0.05, 0) is 41.9 Å². The molecule has 4 nitrogen and oxygen atoms in total. The second-order valence-corrected chi connectivity index (χ2v) is 6.42. The van der Waals surface area contributed by atoms with E-state index in [9.17, 15) is 9.59 Å². The summed E-state index contributed by atoms with van der Waals surface area (Å²) in [5.74, 6) is -1.13. The fourth-order valence-electron chi connectivity index (χ4n) is 1.61. The molecule has 1 amide bonds. The number of aliphatic carboxylic acids is 1. The number of thiophene rings is 1. The number of likely N-dealkylation sites (N-methyl/N-ethyl adjacent to an activating group) is 1. The molecule has 1 rings (SSSR count). The molecule has 18 heavy (non-hydrogen) atoms. The SMILES string of the molecule is CCN(CCC(=O)O)C(=O)C(C)c1ccc(Br)s1. The molecule has 0 aliphatic rings. The van der Waals surface area contributed by atoms with Crippen LogP contribution in [0, 0.1) is 0 Å². The number of rotatable bonds is 6. The number of hydrogen-bond donors (Lipinski definition) is 1. The summed E-state index contributed by atoms with van der Waals surface area (Å²) in [6.07, 6.45) is -0.0135. The summed E-state index contributed by atoms with van der Waals surface area (Å²) in [4.78, 5) is 25.3. The van der Waals surface area contributed by atoms with Crippen molar-refractivity contribution < 1.29 is 14.7 Å². The maximum atomic E-state index is 12.2. The van der Waals surface area contributed by atoms with Crippen molar-refractivity contribution in [1.82, 2.24) is 4.90 Å². The van der Waals surface area contributed by atoms with Crippen molar-refractivity contribution in [3.63, 3.8) is 0 Å². The van der Waals surface area contributed by atoms with Crippen LogP contribution in [0.1, 0.15) is 31.1 Å². The van der Waals surface area contributed by atoms with E-state index in [1.54, 1.807) is 4.90 Å². The molecule has 1 N–H and O–H groups in total. The minimum absolute atomic E-state index is 0.0135. The fraction of sp³-hybridized carbons (Fsp3) is 0.500. The van der Waals surface area contributed by atoms with E-state index in [1.165, 1.54) is 11.3 Å². The van der Waals surface area contributed by atoms with Gasteiger partial charge in [-0.15, -0.1) is 11.3 Å². The Morgan fingerprint density at radius 2 is 2.17 bits per heavy atom. The van der Waals surface area contributed by atoms with Crippen LogP contribution in [0.4, 0.5) is 0 Å². The quantitative estimate of drug-likeness (QED) is 0.870. The lowest BCUT2D eigenvalue weighted by Gasteiger charge is -2.23. The van der Waals surface area contributed by atoms with E-state index in [4.69, 9.17) is 5.11 Å². The number of carbonyl (C=O) groups excluding carboxylic acids is 1. The first-order valence-electron chi connectivity index (χ1n) is 5.71. The summed E-state index contributed by atoms with van der Waals surface area (Å²) in [7, 11) is 0. The van der Waals surface area contributed by atoms with Crippen LogP contribution in [-0.4, -0.2) is 35.0 Å². The molecule has 0 aromatic carbocycles. The van der Waals surface area contributed by atoms with E-state index in [1.807, 2.05) is 26.0 Å². The van der Waals surface area contributed by atoms with Crippen LogP contribution in [0.2, 0.25) is 0 Å². The van der Waals surface area contributed by atoms with Gasteiger partial charge in [0, 0.05) is 18.0 Å². The molecule has 1 aromatic rings. The van der Waals surface area contributed by atoms with Crippen molar-refractivity contribution >= 4 is 39.1 Å². The van der Waals surface area contributed by atoms with Crippen LogP contribution in [0.3, 0.4) is 0 Å². The van der Waals surface area contributed by atoms with Crippen LogP contribution in [0.25, 0.3) is 0 Å². The Kier molecular flexibility index (Phi) is 5.81. The highest BCUT2D eigenvalue weighted by atomic mass is 79.9. The maximum Gasteiger partial charge on any atom is 0.305 e. The zero-order valence-corrected chi connectivity index (χ0v) is 12.8. The highest BCUT2D eigenvalue weighted by molar-refractivity contribution is 9.11. The standard InChI is InChI=1S/C12H16BrNO3S/c1-3-14(7-6-11(15)16)12(17)8(2)9-4-5-10(13)18-9/h4-5,8H,3,6-7H2,1-2H3,(H,15,16). The van der Waals surface area contributed by atoms with Gasteiger partial charge in [0.1, 0.15) is 0 Å². The smallest absolute Gasteiger partial charge is 0.305 e. The summed E-state index contributed by atoms with van der Waals surface area (Å²) in [6, 6.07) is 3.83. The zero-order valence-electron chi connectivity index (χ0n) is 10.4. The van der Waals surface area contributed by atoms with Gasteiger partial charge in [0.05, 0.1) is 16.1 Å². The summed E-state index contributed by atoms with van der Waals surface area (Å²) in [5, 5.41) is 8.66. The van der Waals surface area contributed by atoms with Gasteiger partial charge >= 0.3 is 5.97 Å². The lowest BCUT2D eigenvalue weighted by Crippen LogP contribution is -2.35. The van der Waals surface area contributed by atoms with Crippen molar-refractivity contribution in [2.24, 2.45) is 0 Å². The highest BCUT2D eigenvalue weighted by Crippen LogP contribution is 2.29. The zero-order chi connectivity index (χ0) is 13.7. The molecule has 1 heterocycles. The third-order valence-electron chi connectivity index (χ3n) is 2.68. The third-order valence-corrected chi connectivity index (χ3v) is 4.49. The monoisotopic (exact) mass is 333 g/mol. The van der Waals surface area contributed by atoms with Gasteiger partial charge in [-0.2, -0.15) is 0 Å². The first-order valence-corrected chi connectivity index (χ1v) is 7.32. The fourth-order valence-corrected chi connectivity index (χ4v) is 3.08. The lowest BCUT2D eigenvalue weighted by molar-refractivity contribution is -0.138. The van der Waals surface area contributed by atoms with Gasteiger partial charge in [-0.3, -0.25) is 9.59 Å². The first kappa shape index (κ1) is 15.2. The third kappa shape index (κ3) is 4.10. The molecule has 6 heteroatoms. The van der Waals surface area contributed by atoms with Crippen molar-refractivity contribution in [1.29, 1.82) is 0 Å². The Morgan fingerprint density at radius 1 is 1.50 bits per heavy atom. The molecule has 0 saturated carbocycles. The van der Waals surface area contributed by atoms with Crippen LogP contribution in [0.5, 0.6) is 0 Å². The van der Waals surface area contributed by atoms with Crippen molar-refractivity contribution in [2.45, 2.75) is 26.2 Å². The van der Waals surface area contributed by atoms with Crippen LogP contribution in [-0.2, 0) is 9.59 Å². The summed E-state index contributed by atoms with van der Waals surface area (Å²) in [6.45, 7) is 4.51. The van der Waals surface area contributed by atoms with E-state index >= 15 is 0 Å². The summed E-state index contributed by atoms with van der Waals surface area (Å²) >= 11 is 4.90. The Hall–Kier alpha value is -0.880. The number of carboxylic acids is 1. The maximum absolute atomic E-state index is 12.2. The van der Waals surface area contributed by atoms with Crippen molar-refractivity contribution in [3.05, 3.63) is 20.8 Å². The number of carboxylic acid groups (broad SMARTS) is 1. The van der Waals surface area contributed by atoms with E-state index in [0.29, 0.717) is 6.54 Å². The minimum Gasteiger partial charge on any atom is -0.481 e. The Labute approximate surface area is 119 Å². The lowest BCUT2D eigenvalue weighted by atomic mass is 10.1. The molecular formula is C12H16BrNO3S. The highest BCUT2D eigenvalue weighted by Gasteiger charge is 2.22. The average molecular weight is 334 g/mol. The molecule has 1 atom stereocenters. The van der Waals surface area contributed by atoms with Crippen LogP contribution < -0.4 is 0 Å². The summed E-state index contributed by atoms with van der Waals surface area (Å²) in [5.41, 5.74) is 0. The van der Waals surface area contributed by atoms with Crippen LogP contribution >= 0.6 is 27.3 Å². The number of hydrogen-bond acceptors (Lipinski definition) is 3. The molecule has 0 aliphatic heterocycles. The molecular weight excluding hydrogens is 318 g/mol. The molecule has 0 saturated heterocycles. The molecule has 0 bridgehead atoms.